The fourth-order valence-corrected chi connectivity index (χ4v) is 2.05. The van der Waals surface area contributed by atoms with Crippen molar-refractivity contribution < 1.29 is 17.7 Å². The van der Waals surface area contributed by atoms with Crippen LogP contribution in [0.3, 0.4) is 0 Å². The maximum atomic E-state index is 12.5. The van der Waals surface area contributed by atoms with Gasteiger partial charge in [0.05, 0.1) is 4.88 Å². The number of nitrogens with two attached hydrogens (primary N) is 1. The Kier molecular flexibility index (Phi) is 2.73. The normalized spacial score (nSPS) is 12.0. The molecule has 0 radical (unpaired) electrons. The van der Waals surface area contributed by atoms with E-state index in [2.05, 4.69) is 5.16 Å². The van der Waals surface area contributed by atoms with Gasteiger partial charge in [0.2, 0.25) is 0 Å². The Morgan fingerprint density at radius 2 is 2.19 bits per heavy atom. The molecule has 16 heavy (non-hydrogen) atoms. The molecular formula is C9H7F3N2OS. The van der Waals surface area contributed by atoms with Crippen LogP contribution in [0.5, 0.6) is 0 Å². The Labute approximate surface area is 92.7 Å². The second kappa shape index (κ2) is 3.91. The molecule has 3 nitrogen and oxygen atoms in total. The number of alkyl halides is 3. The average molecular weight is 248 g/mol. The summed E-state index contributed by atoms with van der Waals surface area (Å²) < 4.78 is 42.3. The SMILES string of the molecule is NCc1c(C(F)(F)F)noc1-c1cccs1. The zero-order valence-corrected chi connectivity index (χ0v) is 8.73. The molecule has 2 aromatic rings. The van der Waals surface area contributed by atoms with Crippen LogP contribution in [0.25, 0.3) is 10.6 Å². The van der Waals surface area contributed by atoms with E-state index >= 15 is 0 Å². The third-order valence-corrected chi connectivity index (χ3v) is 2.87. The largest absolute Gasteiger partial charge is 0.437 e. The zero-order chi connectivity index (χ0) is 11.8. The molecule has 0 amide bonds. The van der Waals surface area contributed by atoms with Crippen molar-refractivity contribution in [3.8, 4) is 10.6 Å². The van der Waals surface area contributed by atoms with Gasteiger partial charge in [-0.2, -0.15) is 13.2 Å². The van der Waals surface area contributed by atoms with E-state index in [1.54, 1.807) is 17.5 Å². The van der Waals surface area contributed by atoms with Gasteiger partial charge in [-0.05, 0) is 11.4 Å². The predicted molar refractivity (Wildman–Crippen MR) is 52.7 cm³/mol. The molecular weight excluding hydrogens is 241 g/mol. The minimum atomic E-state index is -4.53. The Hall–Kier alpha value is -1.34. The number of halogens is 3. The van der Waals surface area contributed by atoms with Gasteiger partial charge in [-0.1, -0.05) is 11.2 Å². The average Bonchev–Trinajstić information content (AvgIpc) is 2.84. The highest BCUT2D eigenvalue weighted by atomic mass is 32.1. The van der Waals surface area contributed by atoms with Crippen molar-refractivity contribution >= 4 is 11.3 Å². The molecule has 0 atom stereocenters. The van der Waals surface area contributed by atoms with Gasteiger partial charge in [0.1, 0.15) is 0 Å². The van der Waals surface area contributed by atoms with E-state index in [9.17, 15) is 13.2 Å². The van der Waals surface area contributed by atoms with Gasteiger partial charge in [0, 0.05) is 12.1 Å². The molecule has 7 heteroatoms. The number of rotatable bonds is 2. The van der Waals surface area contributed by atoms with E-state index in [4.69, 9.17) is 10.3 Å². The molecule has 2 rings (SSSR count). The monoisotopic (exact) mass is 248 g/mol. The number of nitrogens with zero attached hydrogens (tertiary/aromatic N) is 1. The third kappa shape index (κ3) is 1.83. The molecule has 0 fully saturated rings. The first-order valence-corrected chi connectivity index (χ1v) is 5.21. The summed E-state index contributed by atoms with van der Waals surface area (Å²) in [7, 11) is 0. The highest BCUT2D eigenvalue weighted by molar-refractivity contribution is 7.13. The quantitative estimate of drug-likeness (QED) is 0.889. The fourth-order valence-electron chi connectivity index (χ4n) is 1.32. The van der Waals surface area contributed by atoms with E-state index in [0.29, 0.717) is 4.88 Å². The van der Waals surface area contributed by atoms with Crippen LogP contribution >= 0.6 is 11.3 Å². The molecule has 2 heterocycles. The van der Waals surface area contributed by atoms with E-state index in [-0.39, 0.29) is 17.9 Å². The summed E-state index contributed by atoms with van der Waals surface area (Å²) in [6.45, 7) is -0.258. The smallest absolute Gasteiger partial charge is 0.354 e. The summed E-state index contributed by atoms with van der Waals surface area (Å²) in [5.41, 5.74) is 4.16. The molecule has 2 aromatic heterocycles. The Balaban J connectivity index is 2.54. The summed E-state index contributed by atoms with van der Waals surface area (Å²) in [6, 6.07) is 3.38. The molecule has 0 saturated carbocycles. The zero-order valence-electron chi connectivity index (χ0n) is 7.91. The Bertz CT molecular complexity index is 475. The second-order valence-electron chi connectivity index (χ2n) is 3.02. The van der Waals surface area contributed by atoms with Crippen molar-refractivity contribution in [1.82, 2.24) is 5.16 Å². The van der Waals surface area contributed by atoms with Crippen LogP contribution in [0.15, 0.2) is 22.0 Å². The summed E-state index contributed by atoms with van der Waals surface area (Å²) >= 11 is 1.27. The van der Waals surface area contributed by atoms with E-state index < -0.39 is 11.9 Å². The van der Waals surface area contributed by atoms with Gasteiger partial charge in [0.15, 0.2) is 11.5 Å². The molecule has 2 N–H and O–H groups in total. The molecule has 0 aliphatic carbocycles. The number of thiophene rings is 1. The van der Waals surface area contributed by atoms with Crippen LogP contribution in [0.4, 0.5) is 13.2 Å². The molecule has 0 aliphatic rings. The minimum absolute atomic E-state index is 0.102. The lowest BCUT2D eigenvalue weighted by molar-refractivity contribution is -0.143. The van der Waals surface area contributed by atoms with Gasteiger partial charge in [0.25, 0.3) is 0 Å². The van der Waals surface area contributed by atoms with Crippen LogP contribution < -0.4 is 5.73 Å². The highest BCUT2D eigenvalue weighted by Gasteiger charge is 2.39. The van der Waals surface area contributed by atoms with Crippen molar-refractivity contribution in [3.63, 3.8) is 0 Å². The number of hydrogen-bond donors (Lipinski definition) is 1. The number of hydrogen-bond acceptors (Lipinski definition) is 4. The Morgan fingerprint density at radius 3 is 2.69 bits per heavy atom. The van der Waals surface area contributed by atoms with Gasteiger partial charge in [-0.3, -0.25) is 0 Å². The maximum Gasteiger partial charge on any atom is 0.437 e. The first-order chi connectivity index (χ1) is 7.54. The summed E-state index contributed by atoms with van der Waals surface area (Å²) in [6.07, 6.45) is -4.53. The van der Waals surface area contributed by atoms with E-state index in [1.165, 1.54) is 11.3 Å². The second-order valence-corrected chi connectivity index (χ2v) is 3.97. The van der Waals surface area contributed by atoms with Crippen molar-refractivity contribution in [2.75, 3.05) is 0 Å². The highest BCUT2D eigenvalue weighted by Crippen LogP contribution is 2.37. The van der Waals surface area contributed by atoms with Crippen LogP contribution in [0.2, 0.25) is 0 Å². The van der Waals surface area contributed by atoms with Crippen LogP contribution in [-0.2, 0) is 12.7 Å². The molecule has 0 spiro atoms. The predicted octanol–water partition coefficient (Wildman–Crippen LogP) is 2.88. The van der Waals surface area contributed by atoms with Gasteiger partial charge < -0.3 is 10.3 Å². The van der Waals surface area contributed by atoms with Crippen molar-refractivity contribution in [3.05, 3.63) is 28.8 Å². The lowest BCUT2D eigenvalue weighted by Crippen LogP contribution is -2.11. The minimum Gasteiger partial charge on any atom is -0.354 e. The van der Waals surface area contributed by atoms with Crippen molar-refractivity contribution in [2.45, 2.75) is 12.7 Å². The fraction of sp³-hybridized carbons (Fsp3) is 0.222. The molecule has 0 aliphatic heterocycles. The standard InChI is InChI=1S/C9H7F3N2OS/c10-9(11,12)8-5(4-13)7(15-14-8)6-2-1-3-16-6/h1-3H,4,13H2. The lowest BCUT2D eigenvalue weighted by atomic mass is 10.1. The van der Waals surface area contributed by atoms with Crippen LogP contribution in [0, 0.1) is 0 Å². The molecule has 0 unspecified atom stereocenters. The van der Waals surface area contributed by atoms with Gasteiger partial charge in [-0.25, -0.2) is 0 Å². The maximum absolute atomic E-state index is 12.5. The summed E-state index contributed by atoms with van der Waals surface area (Å²) in [5.74, 6) is 0.102. The molecule has 0 bridgehead atoms. The summed E-state index contributed by atoms with van der Waals surface area (Å²) in [5, 5.41) is 4.78. The third-order valence-electron chi connectivity index (χ3n) is 2.01. The van der Waals surface area contributed by atoms with E-state index in [1.807, 2.05) is 0 Å². The first-order valence-electron chi connectivity index (χ1n) is 4.33. The molecule has 0 aromatic carbocycles. The van der Waals surface area contributed by atoms with E-state index in [0.717, 1.165) is 0 Å². The van der Waals surface area contributed by atoms with Crippen molar-refractivity contribution in [1.29, 1.82) is 0 Å². The topological polar surface area (TPSA) is 52.0 Å². The van der Waals surface area contributed by atoms with Crippen LogP contribution in [0.1, 0.15) is 11.3 Å². The number of aromatic nitrogens is 1. The lowest BCUT2D eigenvalue weighted by Gasteiger charge is -2.03. The van der Waals surface area contributed by atoms with Crippen LogP contribution in [-0.4, -0.2) is 5.16 Å². The molecule has 0 saturated heterocycles. The summed E-state index contributed by atoms with van der Waals surface area (Å²) in [4.78, 5) is 0.587. The molecule has 86 valence electrons. The van der Waals surface area contributed by atoms with Gasteiger partial charge in [-0.15, -0.1) is 11.3 Å². The first kappa shape index (κ1) is 11.2. The Morgan fingerprint density at radius 1 is 1.44 bits per heavy atom. The van der Waals surface area contributed by atoms with Gasteiger partial charge >= 0.3 is 6.18 Å². The van der Waals surface area contributed by atoms with Crippen molar-refractivity contribution in [2.24, 2.45) is 5.73 Å².